The van der Waals surface area contributed by atoms with E-state index in [9.17, 15) is 4.39 Å². The highest BCUT2D eigenvalue weighted by atomic mass is 19.1. The van der Waals surface area contributed by atoms with Gasteiger partial charge in [0.15, 0.2) is 0 Å². The van der Waals surface area contributed by atoms with E-state index in [1.54, 1.807) is 0 Å². The summed E-state index contributed by atoms with van der Waals surface area (Å²) < 4.78 is 13.1. The van der Waals surface area contributed by atoms with Crippen molar-refractivity contribution >= 4 is 0 Å². The number of nitriles is 1. The zero-order chi connectivity index (χ0) is 8.27. The first-order valence-corrected chi connectivity index (χ1v) is 3.91. The summed E-state index contributed by atoms with van der Waals surface area (Å²) in [5.74, 6) is -0.0366. The van der Waals surface area contributed by atoms with E-state index >= 15 is 0 Å². The molecular weight excluding hydrogens is 141 g/mol. The quantitative estimate of drug-likeness (QED) is 0.531. The second-order valence-electron chi connectivity index (χ2n) is 3.13. The second-order valence-corrected chi connectivity index (χ2v) is 3.13. The van der Waals surface area contributed by atoms with Crippen LogP contribution >= 0.6 is 0 Å². The number of halogens is 1. The van der Waals surface area contributed by atoms with Gasteiger partial charge in [0.1, 0.15) is 6.17 Å². The number of nitrogens with zero attached hydrogens (tertiary/aromatic N) is 1. The van der Waals surface area contributed by atoms with Gasteiger partial charge < -0.3 is 0 Å². The van der Waals surface area contributed by atoms with E-state index in [1.165, 1.54) is 0 Å². The predicted molar refractivity (Wildman–Crippen MR) is 41.6 cm³/mol. The molecular formula is C9H12FN. The molecule has 1 aliphatic rings. The fourth-order valence-corrected chi connectivity index (χ4v) is 1.46. The summed E-state index contributed by atoms with van der Waals surface area (Å²) in [4.78, 5) is 0. The minimum atomic E-state index is -0.823. The lowest BCUT2D eigenvalue weighted by Gasteiger charge is -2.24. The Morgan fingerprint density at radius 1 is 1.73 bits per heavy atom. The summed E-state index contributed by atoms with van der Waals surface area (Å²) in [5, 5.41) is 8.36. The largest absolute Gasteiger partial charge is 0.247 e. The van der Waals surface area contributed by atoms with Crippen LogP contribution in [0.4, 0.5) is 4.39 Å². The van der Waals surface area contributed by atoms with Crippen molar-refractivity contribution in [2.24, 2.45) is 5.92 Å². The van der Waals surface area contributed by atoms with Gasteiger partial charge in [-0.1, -0.05) is 12.2 Å². The maximum atomic E-state index is 13.1. The van der Waals surface area contributed by atoms with Crippen LogP contribution in [0.25, 0.3) is 0 Å². The van der Waals surface area contributed by atoms with Crippen molar-refractivity contribution in [3.63, 3.8) is 0 Å². The Hall–Kier alpha value is -0.840. The maximum Gasteiger partial charge on any atom is 0.108 e. The van der Waals surface area contributed by atoms with E-state index < -0.39 is 6.17 Å². The molecule has 0 radical (unpaired) electrons. The van der Waals surface area contributed by atoms with Gasteiger partial charge in [-0.25, -0.2) is 4.39 Å². The fourth-order valence-electron chi connectivity index (χ4n) is 1.46. The lowest BCUT2D eigenvalue weighted by molar-refractivity contribution is 0.196. The van der Waals surface area contributed by atoms with Crippen LogP contribution < -0.4 is 0 Å². The van der Waals surface area contributed by atoms with Crippen molar-refractivity contribution in [1.82, 2.24) is 0 Å². The number of alkyl halides is 1. The number of allylic oxidation sites excluding steroid dienone is 1. The molecule has 1 nitrogen and oxygen atoms in total. The van der Waals surface area contributed by atoms with Crippen molar-refractivity contribution in [3.8, 4) is 6.07 Å². The predicted octanol–water partition coefficient (Wildman–Crippen LogP) is 2.59. The molecule has 1 rings (SSSR count). The molecule has 0 saturated heterocycles. The first-order chi connectivity index (χ1) is 5.24. The third-order valence-corrected chi connectivity index (χ3v) is 2.22. The normalized spacial score (nSPS) is 31.5. The van der Waals surface area contributed by atoms with E-state index in [-0.39, 0.29) is 5.92 Å². The Kier molecular flexibility index (Phi) is 2.64. The molecule has 1 saturated carbocycles. The smallest absolute Gasteiger partial charge is 0.108 e. The maximum absolute atomic E-state index is 13.1. The van der Waals surface area contributed by atoms with E-state index in [0.717, 1.165) is 18.4 Å². The highest BCUT2D eigenvalue weighted by Gasteiger charge is 2.25. The number of rotatable bonds is 1. The molecule has 0 aliphatic heterocycles. The summed E-state index contributed by atoms with van der Waals surface area (Å²) in [6.07, 6.45) is 1.69. The SMILES string of the molecule is C=C1CCC(CC#N)C(F)C1. The van der Waals surface area contributed by atoms with Crippen molar-refractivity contribution < 1.29 is 4.39 Å². The molecule has 0 N–H and O–H groups in total. The molecule has 2 heteroatoms. The van der Waals surface area contributed by atoms with Crippen LogP contribution in [0.2, 0.25) is 0 Å². The van der Waals surface area contributed by atoms with Crippen LogP contribution in [0.15, 0.2) is 12.2 Å². The minimum absolute atomic E-state index is 0.0366. The zero-order valence-corrected chi connectivity index (χ0v) is 6.52. The topological polar surface area (TPSA) is 23.8 Å². The Bertz CT molecular complexity index is 192. The van der Waals surface area contributed by atoms with Gasteiger partial charge in [0.25, 0.3) is 0 Å². The first kappa shape index (κ1) is 8.26. The van der Waals surface area contributed by atoms with Crippen molar-refractivity contribution in [2.45, 2.75) is 31.9 Å². The van der Waals surface area contributed by atoms with Crippen LogP contribution in [0.3, 0.4) is 0 Å². The average molecular weight is 153 g/mol. The molecule has 1 aliphatic carbocycles. The third-order valence-electron chi connectivity index (χ3n) is 2.22. The van der Waals surface area contributed by atoms with Gasteiger partial charge in [0.2, 0.25) is 0 Å². The summed E-state index contributed by atoms with van der Waals surface area (Å²) in [5.41, 5.74) is 0.992. The van der Waals surface area contributed by atoms with Crippen LogP contribution in [-0.2, 0) is 0 Å². The monoisotopic (exact) mass is 153 g/mol. The first-order valence-electron chi connectivity index (χ1n) is 3.91. The van der Waals surface area contributed by atoms with E-state index in [0.29, 0.717) is 12.8 Å². The molecule has 2 unspecified atom stereocenters. The molecule has 0 aromatic rings. The summed E-state index contributed by atoms with van der Waals surface area (Å²) in [6, 6.07) is 2.01. The van der Waals surface area contributed by atoms with Crippen molar-refractivity contribution in [3.05, 3.63) is 12.2 Å². The molecule has 0 aromatic heterocycles. The zero-order valence-electron chi connectivity index (χ0n) is 6.52. The number of hydrogen-bond acceptors (Lipinski definition) is 1. The molecule has 0 heterocycles. The molecule has 0 spiro atoms. The van der Waals surface area contributed by atoms with Crippen LogP contribution in [0.5, 0.6) is 0 Å². The summed E-state index contributed by atoms with van der Waals surface area (Å²) in [6.45, 7) is 3.74. The molecule has 0 aromatic carbocycles. The third kappa shape index (κ3) is 2.04. The molecule has 60 valence electrons. The highest BCUT2D eigenvalue weighted by molar-refractivity contribution is 5.03. The average Bonchev–Trinajstić information content (AvgIpc) is 1.95. The van der Waals surface area contributed by atoms with E-state index in [4.69, 9.17) is 5.26 Å². The van der Waals surface area contributed by atoms with Gasteiger partial charge in [-0.3, -0.25) is 0 Å². The Balaban J connectivity index is 2.45. The van der Waals surface area contributed by atoms with E-state index in [2.05, 4.69) is 6.58 Å². The highest BCUT2D eigenvalue weighted by Crippen LogP contribution is 2.31. The van der Waals surface area contributed by atoms with E-state index in [1.807, 2.05) is 6.07 Å². The second kappa shape index (κ2) is 3.52. The Morgan fingerprint density at radius 2 is 2.45 bits per heavy atom. The van der Waals surface area contributed by atoms with Crippen LogP contribution in [0.1, 0.15) is 25.7 Å². The standard InChI is InChI=1S/C9H12FN/c1-7-2-3-8(4-5-11)9(10)6-7/h8-9H,1-4,6H2. The van der Waals surface area contributed by atoms with Gasteiger partial charge in [0, 0.05) is 12.3 Å². The van der Waals surface area contributed by atoms with Crippen LogP contribution in [0, 0.1) is 17.2 Å². The molecule has 2 atom stereocenters. The van der Waals surface area contributed by atoms with Gasteiger partial charge in [-0.05, 0) is 19.3 Å². The number of hydrogen-bond donors (Lipinski definition) is 0. The fraction of sp³-hybridized carbons (Fsp3) is 0.667. The Labute approximate surface area is 66.5 Å². The van der Waals surface area contributed by atoms with Gasteiger partial charge >= 0.3 is 0 Å². The summed E-state index contributed by atoms with van der Waals surface area (Å²) in [7, 11) is 0. The van der Waals surface area contributed by atoms with Crippen molar-refractivity contribution in [2.75, 3.05) is 0 Å². The lowest BCUT2D eigenvalue weighted by atomic mass is 9.83. The molecule has 0 amide bonds. The van der Waals surface area contributed by atoms with Crippen LogP contribution in [-0.4, -0.2) is 6.17 Å². The Morgan fingerprint density at radius 3 is 3.00 bits per heavy atom. The molecule has 0 bridgehead atoms. The van der Waals surface area contributed by atoms with Crippen molar-refractivity contribution in [1.29, 1.82) is 5.26 Å². The molecule has 1 fully saturated rings. The molecule has 11 heavy (non-hydrogen) atoms. The minimum Gasteiger partial charge on any atom is -0.247 e. The lowest BCUT2D eigenvalue weighted by Crippen LogP contribution is -2.21. The van der Waals surface area contributed by atoms with Gasteiger partial charge in [-0.2, -0.15) is 5.26 Å². The van der Waals surface area contributed by atoms with Gasteiger partial charge in [-0.15, -0.1) is 0 Å². The summed E-state index contributed by atoms with van der Waals surface area (Å²) >= 11 is 0. The van der Waals surface area contributed by atoms with Gasteiger partial charge in [0.05, 0.1) is 6.07 Å².